The number of unbranched alkanes of at least 4 members (excludes halogenated alkanes) is 23. The van der Waals surface area contributed by atoms with Crippen molar-refractivity contribution in [3.8, 4) is 0 Å². The molecule has 1 amide bonds. The highest BCUT2D eigenvalue weighted by Crippen LogP contribution is 2.36. The zero-order valence-corrected chi connectivity index (χ0v) is 43.5. The molecule has 0 aliphatic carbocycles. The van der Waals surface area contributed by atoms with E-state index in [9.17, 15) is 39.3 Å². The van der Waals surface area contributed by atoms with E-state index in [4.69, 9.17) is 28.4 Å². The fraction of sp³-hybridized carbons (Fsp3) is 0.667. The van der Waals surface area contributed by atoms with Gasteiger partial charge in [0.15, 0.2) is 12.2 Å². The number of amides is 1. The lowest BCUT2D eigenvalue weighted by atomic mass is 9.92. The predicted octanol–water partition coefficient (Wildman–Crippen LogP) is 12.9. The third kappa shape index (κ3) is 25.1. The van der Waals surface area contributed by atoms with E-state index in [0.717, 1.165) is 44.9 Å². The summed E-state index contributed by atoms with van der Waals surface area (Å²) >= 11 is 0. The van der Waals surface area contributed by atoms with Crippen LogP contribution in [0.3, 0.4) is 0 Å². The average Bonchev–Trinajstić information content (AvgIpc) is 3.37. The number of aliphatic hydroxyl groups is 1. The molecule has 2 aromatic carbocycles. The van der Waals surface area contributed by atoms with Gasteiger partial charge >= 0.3 is 24.2 Å². The molecule has 3 rings (SSSR count). The van der Waals surface area contributed by atoms with E-state index in [1.807, 2.05) is 6.08 Å². The molecule has 0 unspecified atom stereocenters. The molecule has 0 radical (unpaired) electrons. The van der Waals surface area contributed by atoms with Crippen LogP contribution in [0.2, 0.25) is 0 Å². The van der Waals surface area contributed by atoms with E-state index in [0.29, 0.717) is 12.8 Å². The van der Waals surface area contributed by atoms with Crippen LogP contribution in [0.25, 0.3) is 0 Å². The fourth-order valence-corrected chi connectivity index (χ4v) is 8.97. The first-order valence-electron chi connectivity index (χ1n) is 27.1. The van der Waals surface area contributed by atoms with Crippen molar-refractivity contribution in [2.75, 3.05) is 13.2 Å². The summed E-state index contributed by atoms with van der Waals surface area (Å²) in [7, 11) is 0. The first-order valence-corrected chi connectivity index (χ1v) is 27.1. The zero-order chi connectivity index (χ0) is 52.2. The summed E-state index contributed by atoms with van der Waals surface area (Å²) < 4.78 is 34.3. The molecule has 15 nitrogen and oxygen atoms in total. The molecule has 72 heavy (non-hydrogen) atoms. The molecule has 7 atom stereocenters. The molecular weight excluding hydrogens is 923 g/mol. The van der Waals surface area contributed by atoms with Crippen molar-refractivity contribution in [2.45, 2.75) is 230 Å². The van der Waals surface area contributed by atoms with E-state index in [-0.39, 0.29) is 23.5 Å². The Labute approximate surface area is 429 Å². The van der Waals surface area contributed by atoms with Crippen LogP contribution >= 0.6 is 0 Å². The first-order chi connectivity index (χ1) is 34.9. The van der Waals surface area contributed by atoms with Gasteiger partial charge in [-0.3, -0.25) is 4.79 Å². The van der Waals surface area contributed by atoms with Crippen LogP contribution in [0, 0.1) is 0 Å². The van der Waals surface area contributed by atoms with Crippen LogP contribution in [-0.4, -0.2) is 101 Å². The third-order valence-electron chi connectivity index (χ3n) is 13.1. The molecule has 0 saturated carbocycles. The fourth-order valence-electron chi connectivity index (χ4n) is 8.97. The second kappa shape index (κ2) is 36.8. The molecule has 1 saturated heterocycles. The highest BCUT2D eigenvalue weighted by molar-refractivity contribution is 5.90. The van der Waals surface area contributed by atoms with E-state index in [1.165, 1.54) is 122 Å². The Kier molecular flexibility index (Phi) is 31.4. The van der Waals surface area contributed by atoms with Crippen LogP contribution in [0.5, 0.6) is 0 Å². The van der Waals surface area contributed by atoms with Crippen molar-refractivity contribution in [1.29, 1.82) is 0 Å². The predicted molar refractivity (Wildman–Crippen MR) is 276 cm³/mol. The number of hydrogen-bond donors (Lipinski definition) is 4. The Morgan fingerprint density at radius 2 is 1.11 bits per heavy atom. The molecule has 404 valence electrons. The Bertz CT molecular complexity index is 1830. The second-order valence-electron chi connectivity index (χ2n) is 19.2. The van der Waals surface area contributed by atoms with Gasteiger partial charge in [0, 0.05) is 6.42 Å². The van der Waals surface area contributed by atoms with Crippen LogP contribution in [-0.2, 0) is 33.2 Å². The highest BCUT2D eigenvalue weighted by Gasteiger charge is 2.57. The molecule has 2 aromatic rings. The summed E-state index contributed by atoms with van der Waals surface area (Å²) in [6.45, 7) is 4.51. The lowest BCUT2D eigenvalue weighted by Crippen LogP contribution is -2.67. The molecule has 15 heteroatoms. The normalized spacial score (nSPS) is 19.6. The van der Waals surface area contributed by atoms with Crippen molar-refractivity contribution in [3.05, 3.63) is 83.9 Å². The van der Waals surface area contributed by atoms with Gasteiger partial charge in [-0.25, -0.2) is 19.2 Å². The SMILES string of the molecule is CCCCCCCCCCCCC/C=C/[C@@H](OC(=O)c1ccccc1)[C@H](CO[C@@]1(C)O[C@H](COC(=O)O)[C@H](OC(=O)O)[C@H](O)[C@H]1OC(=O)c1ccccc1)NC(=O)CCCCCCCCCCCCCCC. The zero-order valence-electron chi connectivity index (χ0n) is 43.5. The van der Waals surface area contributed by atoms with Gasteiger partial charge in [-0.15, -0.1) is 0 Å². The minimum absolute atomic E-state index is 0.0909. The quantitative estimate of drug-likeness (QED) is 0.0212. The van der Waals surface area contributed by atoms with Crippen LogP contribution in [0.1, 0.15) is 208 Å². The summed E-state index contributed by atoms with van der Waals surface area (Å²) in [5.41, 5.74) is 0.372. The number of carbonyl (C=O) groups is 5. The number of esters is 2. The Morgan fingerprint density at radius 1 is 0.639 bits per heavy atom. The minimum atomic E-state index is -2.17. The second-order valence-corrected chi connectivity index (χ2v) is 19.2. The summed E-state index contributed by atoms with van der Waals surface area (Å²) in [5, 5.41) is 33.8. The molecule has 4 N–H and O–H groups in total. The number of benzene rings is 2. The van der Waals surface area contributed by atoms with Gasteiger partial charge in [-0.05, 0) is 56.5 Å². The Morgan fingerprint density at radius 3 is 1.60 bits per heavy atom. The number of nitrogens with one attached hydrogen (secondary N) is 1. The van der Waals surface area contributed by atoms with E-state index in [1.54, 1.807) is 54.6 Å². The van der Waals surface area contributed by atoms with E-state index in [2.05, 4.69) is 19.2 Å². The lowest BCUT2D eigenvalue weighted by molar-refractivity contribution is -0.356. The molecule has 0 spiro atoms. The average molecular weight is 1010 g/mol. The number of aliphatic hydroxyl groups excluding tert-OH is 1. The third-order valence-corrected chi connectivity index (χ3v) is 13.1. The number of carbonyl (C=O) groups excluding carboxylic acids is 3. The van der Waals surface area contributed by atoms with Crippen molar-refractivity contribution in [1.82, 2.24) is 5.32 Å². The Balaban J connectivity index is 1.85. The summed E-state index contributed by atoms with van der Waals surface area (Å²) in [5.74, 6) is -4.06. The number of allylic oxidation sites excluding steroid dienone is 1. The summed E-state index contributed by atoms with van der Waals surface area (Å²) in [6.07, 6.45) is 20.7. The van der Waals surface area contributed by atoms with Crippen LogP contribution < -0.4 is 5.32 Å². The van der Waals surface area contributed by atoms with Crippen molar-refractivity contribution < 1.29 is 67.7 Å². The van der Waals surface area contributed by atoms with Gasteiger partial charge in [0.2, 0.25) is 11.7 Å². The number of hydrogen-bond acceptors (Lipinski definition) is 12. The van der Waals surface area contributed by atoms with Gasteiger partial charge in [-0.2, -0.15) is 0 Å². The van der Waals surface area contributed by atoms with Crippen molar-refractivity contribution in [2.24, 2.45) is 0 Å². The standard InChI is InChI=1S/C57H87NO14/c1-4-6-8-10-12-14-16-18-20-22-24-26-34-40-47(69-53(61)44-36-30-28-31-37-44)46(58-49(59)41-35-27-25-23-21-19-17-15-13-11-9-7-5-2)42-68-57(3)52(71-54(62)45-38-32-29-33-39-45)50(60)51(70-56(65)66)48(72-57)43-67-55(63)64/h28-34,36-40,46-48,50-52,60H,4-27,35,41-43H2,1-3H3,(H,58,59)(H,63,64)(H,65,66)/b40-34+/t46-,47+,48+,50-,51-,52+,57-/m0/s1. The maximum Gasteiger partial charge on any atom is 0.506 e. The van der Waals surface area contributed by atoms with E-state index >= 15 is 0 Å². The number of carboxylic acid groups (broad SMARTS) is 2. The van der Waals surface area contributed by atoms with Gasteiger partial charge in [0.05, 0.1) is 23.8 Å². The van der Waals surface area contributed by atoms with Gasteiger partial charge < -0.3 is 49.1 Å². The topological polar surface area (TPSA) is 213 Å². The minimum Gasteiger partial charge on any atom is -0.452 e. The van der Waals surface area contributed by atoms with Gasteiger partial charge in [0.1, 0.15) is 24.9 Å². The molecule has 1 heterocycles. The monoisotopic (exact) mass is 1010 g/mol. The molecule has 0 bridgehead atoms. The maximum absolute atomic E-state index is 13.9. The molecular formula is C57H87NO14. The summed E-state index contributed by atoms with van der Waals surface area (Å²) in [4.78, 5) is 64.6. The summed E-state index contributed by atoms with van der Waals surface area (Å²) in [6, 6.07) is 15.2. The molecule has 1 aliphatic heterocycles. The lowest BCUT2D eigenvalue weighted by Gasteiger charge is -2.48. The molecule has 1 aliphatic rings. The highest BCUT2D eigenvalue weighted by atomic mass is 16.8. The van der Waals surface area contributed by atoms with Gasteiger partial charge in [0.25, 0.3) is 0 Å². The van der Waals surface area contributed by atoms with Crippen LogP contribution in [0.15, 0.2) is 72.8 Å². The maximum atomic E-state index is 13.9. The largest absolute Gasteiger partial charge is 0.506 e. The van der Waals surface area contributed by atoms with Crippen molar-refractivity contribution in [3.63, 3.8) is 0 Å². The smallest absolute Gasteiger partial charge is 0.452 e. The van der Waals surface area contributed by atoms with Gasteiger partial charge in [-0.1, -0.05) is 198 Å². The Hall–Kier alpha value is -4.99. The van der Waals surface area contributed by atoms with E-state index < -0.39 is 79.8 Å². The van der Waals surface area contributed by atoms with Crippen LogP contribution in [0.4, 0.5) is 9.59 Å². The number of rotatable bonds is 39. The first kappa shape index (κ1) is 61.3. The molecule has 0 aromatic heterocycles. The molecule has 1 fully saturated rings. The van der Waals surface area contributed by atoms with Crippen molar-refractivity contribution >= 4 is 30.2 Å². The number of ether oxygens (including phenoxy) is 6.